The van der Waals surface area contributed by atoms with Crippen molar-refractivity contribution in [2.45, 2.75) is 26.3 Å². The van der Waals surface area contributed by atoms with E-state index in [4.69, 9.17) is 10.8 Å². The zero-order chi connectivity index (χ0) is 12.8. The molecule has 1 heterocycles. The number of carbonyl (C=O) groups is 1. The number of aromatic nitrogens is 1. The van der Waals surface area contributed by atoms with E-state index in [0.717, 1.165) is 0 Å². The van der Waals surface area contributed by atoms with Gasteiger partial charge in [-0.1, -0.05) is 0 Å². The second-order valence-corrected chi connectivity index (χ2v) is 4.15. The molecule has 1 aromatic rings. The molecule has 17 heavy (non-hydrogen) atoms. The van der Waals surface area contributed by atoms with Crippen LogP contribution in [0.4, 0.5) is 5.69 Å². The van der Waals surface area contributed by atoms with Crippen molar-refractivity contribution in [2.24, 2.45) is 0 Å². The van der Waals surface area contributed by atoms with E-state index >= 15 is 0 Å². The molecule has 0 radical (unpaired) electrons. The van der Waals surface area contributed by atoms with Gasteiger partial charge in [-0.05, 0) is 32.4 Å². The molecular weight excluding hydrogens is 218 g/mol. The Labute approximate surface area is 101 Å². The highest BCUT2D eigenvalue weighted by atomic mass is 16.3. The average Bonchev–Trinajstić information content (AvgIpc) is 2.29. The van der Waals surface area contributed by atoms with Gasteiger partial charge in [-0.15, -0.1) is 0 Å². The van der Waals surface area contributed by atoms with Gasteiger partial charge in [-0.3, -0.25) is 4.79 Å². The number of rotatable bonds is 5. The molecule has 0 atom stereocenters. The van der Waals surface area contributed by atoms with Gasteiger partial charge in [0.2, 0.25) is 0 Å². The van der Waals surface area contributed by atoms with Crippen LogP contribution in [-0.4, -0.2) is 40.1 Å². The van der Waals surface area contributed by atoms with Gasteiger partial charge in [0.05, 0.1) is 11.9 Å². The number of nitrogen functional groups attached to an aromatic ring is 1. The van der Waals surface area contributed by atoms with Crippen LogP contribution in [0.5, 0.6) is 0 Å². The van der Waals surface area contributed by atoms with Gasteiger partial charge in [-0.2, -0.15) is 0 Å². The lowest BCUT2D eigenvalue weighted by Gasteiger charge is -2.26. The first kappa shape index (κ1) is 13.4. The first-order valence-electron chi connectivity index (χ1n) is 5.69. The lowest BCUT2D eigenvalue weighted by molar-refractivity contribution is 0.0687. The minimum absolute atomic E-state index is 0.0751. The molecule has 0 saturated heterocycles. The molecule has 1 rings (SSSR count). The summed E-state index contributed by atoms with van der Waals surface area (Å²) in [5.74, 6) is -0.131. The summed E-state index contributed by atoms with van der Waals surface area (Å²) >= 11 is 0. The lowest BCUT2D eigenvalue weighted by atomic mass is 10.2. The Balaban J connectivity index is 2.80. The van der Waals surface area contributed by atoms with Gasteiger partial charge >= 0.3 is 0 Å². The molecule has 0 bridgehead atoms. The summed E-state index contributed by atoms with van der Waals surface area (Å²) in [5.41, 5.74) is 6.44. The fourth-order valence-corrected chi connectivity index (χ4v) is 1.51. The van der Waals surface area contributed by atoms with E-state index in [9.17, 15) is 4.79 Å². The highest BCUT2D eigenvalue weighted by molar-refractivity contribution is 5.92. The van der Waals surface area contributed by atoms with E-state index in [1.54, 1.807) is 17.0 Å². The van der Waals surface area contributed by atoms with Gasteiger partial charge in [0.25, 0.3) is 5.91 Å². The van der Waals surface area contributed by atoms with E-state index in [1.807, 2.05) is 13.8 Å². The van der Waals surface area contributed by atoms with Crippen molar-refractivity contribution in [3.8, 4) is 0 Å². The highest BCUT2D eigenvalue weighted by Crippen LogP contribution is 2.08. The third-order valence-electron chi connectivity index (χ3n) is 2.45. The van der Waals surface area contributed by atoms with E-state index in [2.05, 4.69) is 4.98 Å². The third kappa shape index (κ3) is 3.71. The number of nitrogens with zero attached hydrogens (tertiary/aromatic N) is 2. The number of pyridine rings is 1. The van der Waals surface area contributed by atoms with Gasteiger partial charge in [0.1, 0.15) is 5.69 Å². The SMILES string of the molecule is CC(C)N(CCCO)C(=O)c1ccc(N)cn1. The molecule has 0 aliphatic heterocycles. The van der Waals surface area contributed by atoms with Gasteiger partial charge < -0.3 is 15.7 Å². The van der Waals surface area contributed by atoms with Crippen molar-refractivity contribution < 1.29 is 9.90 Å². The predicted octanol–water partition coefficient (Wildman–Crippen LogP) is 0.897. The monoisotopic (exact) mass is 237 g/mol. The fourth-order valence-electron chi connectivity index (χ4n) is 1.51. The first-order valence-corrected chi connectivity index (χ1v) is 5.69. The Morgan fingerprint density at radius 1 is 1.53 bits per heavy atom. The summed E-state index contributed by atoms with van der Waals surface area (Å²) < 4.78 is 0. The van der Waals surface area contributed by atoms with E-state index in [0.29, 0.717) is 24.3 Å². The molecular formula is C12H19N3O2. The maximum Gasteiger partial charge on any atom is 0.272 e. The Kier molecular flexibility index (Phi) is 4.90. The van der Waals surface area contributed by atoms with E-state index in [1.165, 1.54) is 6.20 Å². The van der Waals surface area contributed by atoms with Crippen LogP contribution in [-0.2, 0) is 0 Å². The highest BCUT2D eigenvalue weighted by Gasteiger charge is 2.19. The van der Waals surface area contributed by atoms with Crippen LogP contribution in [0.3, 0.4) is 0 Å². The Morgan fingerprint density at radius 2 is 2.24 bits per heavy atom. The molecule has 0 aromatic carbocycles. The summed E-state index contributed by atoms with van der Waals surface area (Å²) in [7, 11) is 0. The number of aliphatic hydroxyl groups is 1. The lowest BCUT2D eigenvalue weighted by Crippen LogP contribution is -2.38. The van der Waals surface area contributed by atoms with Crippen LogP contribution >= 0.6 is 0 Å². The largest absolute Gasteiger partial charge is 0.397 e. The molecule has 1 amide bonds. The topological polar surface area (TPSA) is 79.5 Å². The standard InChI is InChI=1S/C12H19N3O2/c1-9(2)15(6-3-7-16)12(17)11-5-4-10(13)8-14-11/h4-5,8-9,16H,3,6-7,13H2,1-2H3. The molecule has 5 heteroatoms. The molecule has 0 spiro atoms. The molecule has 94 valence electrons. The quantitative estimate of drug-likeness (QED) is 0.797. The zero-order valence-electron chi connectivity index (χ0n) is 10.3. The molecule has 0 saturated carbocycles. The second kappa shape index (κ2) is 6.20. The van der Waals surface area contributed by atoms with Crippen LogP contribution < -0.4 is 5.73 Å². The number of aliphatic hydroxyl groups excluding tert-OH is 1. The first-order chi connectivity index (χ1) is 8.06. The van der Waals surface area contributed by atoms with Crippen molar-refractivity contribution >= 4 is 11.6 Å². The fraction of sp³-hybridized carbons (Fsp3) is 0.500. The molecule has 0 aliphatic carbocycles. The van der Waals surface area contributed by atoms with Crippen LogP contribution in [0.2, 0.25) is 0 Å². The smallest absolute Gasteiger partial charge is 0.272 e. The average molecular weight is 237 g/mol. The van der Waals surface area contributed by atoms with E-state index in [-0.39, 0.29) is 18.6 Å². The number of hydrogen-bond donors (Lipinski definition) is 2. The van der Waals surface area contributed by atoms with Crippen molar-refractivity contribution in [3.63, 3.8) is 0 Å². The molecule has 0 aliphatic rings. The molecule has 0 fully saturated rings. The molecule has 1 aromatic heterocycles. The predicted molar refractivity (Wildman–Crippen MR) is 66.5 cm³/mol. The summed E-state index contributed by atoms with van der Waals surface area (Å²) in [4.78, 5) is 17.8. The summed E-state index contributed by atoms with van der Waals surface area (Å²) in [5, 5.41) is 8.82. The summed E-state index contributed by atoms with van der Waals surface area (Å²) in [6.07, 6.45) is 2.04. The third-order valence-corrected chi connectivity index (χ3v) is 2.45. The number of anilines is 1. The van der Waals surface area contributed by atoms with Crippen LogP contribution in [0.15, 0.2) is 18.3 Å². The Morgan fingerprint density at radius 3 is 2.71 bits per heavy atom. The molecule has 0 unspecified atom stereocenters. The second-order valence-electron chi connectivity index (χ2n) is 4.15. The van der Waals surface area contributed by atoms with Crippen LogP contribution in [0.1, 0.15) is 30.8 Å². The number of amides is 1. The zero-order valence-corrected chi connectivity index (χ0v) is 10.3. The van der Waals surface area contributed by atoms with Gasteiger partial charge in [0.15, 0.2) is 0 Å². The maximum absolute atomic E-state index is 12.1. The normalized spacial score (nSPS) is 10.6. The van der Waals surface area contributed by atoms with Crippen molar-refractivity contribution in [2.75, 3.05) is 18.9 Å². The molecule has 3 N–H and O–H groups in total. The minimum Gasteiger partial charge on any atom is -0.397 e. The molecule has 5 nitrogen and oxygen atoms in total. The minimum atomic E-state index is -0.131. The van der Waals surface area contributed by atoms with Crippen molar-refractivity contribution in [1.82, 2.24) is 9.88 Å². The van der Waals surface area contributed by atoms with Gasteiger partial charge in [0, 0.05) is 19.2 Å². The van der Waals surface area contributed by atoms with E-state index < -0.39 is 0 Å². The Bertz CT molecular complexity index is 363. The summed E-state index contributed by atoms with van der Waals surface area (Å²) in [6, 6.07) is 3.35. The van der Waals surface area contributed by atoms with Gasteiger partial charge in [-0.25, -0.2) is 4.98 Å². The number of nitrogens with two attached hydrogens (primary N) is 1. The number of hydrogen-bond acceptors (Lipinski definition) is 4. The van der Waals surface area contributed by atoms with Crippen LogP contribution in [0, 0.1) is 0 Å². The summed E-state index contributed by atoms with van der Waals surface area (Å²) in [6.45, 7) is 4.48. The number of carbonyl (C=O) groups excluding carboxylic acids is 1. The van der Waals surface area contributed by atoms with Crippen molar-refractivity contribution in [1.29, 1.82) is 0 Å². The maximum atomic E-state index is 12.1. The van der Waals surface area contributed by atoms with Crippen LogP contribution in [0.25, 0.3) is 0 Å². The van der Waals surface area contributed by atoms with Crippen molar-refractivity contribution in [3.05, 3.63) is 24.0 Å². The Hall–Kier alpha value is -1.62.